The molecular weight excluding hydrogens is 417 g/mol. The van der Waals surface area contributed by atoms with Crippen molar-refractivity contribution in [3.63, 3.8) is 0 Å². The largest absolute Gasteiger partial charge is 0.573 e. The third-order valence-corrected chi connectivity index (χ3v) is 4.22. The number of rotatable bonds is 7. The first-order valence-corrected chi connectivity index (χ1v) is 9.61. The molecule has 0 aliphatic carbocycles. The van der Waals surface area contributed by atoms with E-state index in [1.54, 1.807) is 0 Å². The molecule has 1 aliphatic heterocycles. The van der Waals surface area contributed by atoms with Gasteiger partial charge in [0.2, 0.25) is 5.95 Å². The summed E-state index contributed by atoms with van der Waals surface area (Å²) in [5.41, 5.74) is 1.15. The number of halogens is 3. The lowest BCUT2D eigenvalue weighted by atomic mass is 10.3. The van der Waals surface area contributed by atoms with Crippen molar-refractivity contribution in [1.29, 1.82) is 0 Å². The summed E-state index contributed by atoms with van der Waals surface area (Å²) in [6.45, 7) is 5.39. The Morgan fingerprint density at radius 3 is 2.55 bits per heavy atom. The molecular formula is C19H23F3N6O3. The van der Waals surface area contributed by atoms with Gasteiger partial charge < -0.3 is 30.3 Å². The molecule has 3 rings (SSSR count). The van der Waals surface area contributed by atoms with Crippen LogP contribution in [-0.2, 0) is 4.74 Å². The Morgan fingerprint density at radius 1 is 1.16 bits per heavy atom. The number of aromatic nitrogens is 2. The van der Waals surface area contributed by atoms with Gasteiger partial charge in [0.1, 0.15) is 11.6 Å². The lowest BCUT2D eigenvalue weighted by molar-refractivity contribution is -0.274. The van der Waals surface area contributed by atoms with Crippen molar-refractivity contribution < 1.29 is 27.4 Å². The second-order valence-electron chi connectivity index (χ2n) is 6.67. The summed E-state index contributed by atoms with van der Waals surface area (Å²) < 4.78 is 45.6. The number of amides is 2. The Bertz CT molecular complexity index is 873. The van der Waals surface area contributed by atoms with E-state index in [2.05, 4.69) is 35.6 Å². The number of nitrogens with zero attached hydrogens (tertiary/aromatic N) is 3. The molecule has 1 saturated heterocycles. The predicted molar refractivity (Wildman–Crippen MR) is 108 cm³/mol. The maximum absolute atomic E-state index is 12.2. The zero-order valence-corrected chi connectivity index (χ0v) is 16.8. The van der Waals surface area contributed by atoms with Crippen LogP contribution in [-0.4, -0.2) is 61.8 Å². The van der Waals surface area contributed by atoms with E-state index in [9.17, 15) is 18.0 Å². The highest BCUT2D eigenvalue weighted by Crippen LogP contribution is 2.23. The number of benzene rings is 1. The molecule has 1 fully saturated rings. The van der Waals surface area contributed by atoms with Crippen molar-refractivity contribution in [2.45, 2.75) is 13.3 Å². The number of carbonyl (C=O) groups excluding carboxylic acids is 1. The smallest absolute Gasteiger partial charge is 0.406 e. The maximum atomic E-state index is 12.2. The summed E-state index contributed by atoms with van der Waals surface area (Å²) in [5, 5.41) is 8.24. The van der Waals surface area contributed by atoms with Gasteiger partial charge in [0.25, 0.3) is 0 Å². The number of ether oxygens (including phenoxy) is 2. The van der Waals surface area contributed by atoms with Gasteiger partial charge in [-0.25, -0.2) is 9.78 Å². The number of alkyl halides is 3. The minimum absolute atomic E-state index is 0.283. The van der Waals surface area contributed by atoms with Gasteiger partial charge in [0.15, 0.2) is 0 Å². The van der Waals surface area contributed by atoms with Crippen molar-refractivity contribution in [2.75, 3.05) is 54.9 Å². The van der Waals surface area contributed by atoms with Crippen LogP contribution in [0.25, 0.3) is 0 Å². The first kappa shape index (κ1) is 22.4. The summed E-state index contributed by atoms with van der Waals surface area (Å²) in [6, 6.07) is 6.27. The van der Waals surface area contributed by atoms with Gasteiger partial charge >= 0.3 is 12.4 Å². The van der Waals surface area contributed by atoms with Gasteiger partial charge in [0, 0.05) is 43.6 Å². The van der Waals surface area contributed by atoms with Crippen LogP contribution in [0.1, 0.15) is 5.69 Å². The van der Waals surface area contributed by atoms with Crippen LogP contribution in [0.15, 0.2) is 30.3 Å². The lowest BCUT2D eigenvalue weighted by Crippen LogP contribution is -2.37. The van der Waals surface area contributed by atoms with Crippen molar-refractivity contribution in [1.82, 2.24) is 15.3 Å². The predicted octanol–water partition coefficient (Wildman–Crippen LogP) is 2.75. The molecule has 0 radical (unpaired) electrons. The van der Waals surface area contributed by atoms with E-state index in [0.717, 1.165) is 36.7 Å². The molecule has 0 spiro atoms. The average Bonchev–Trinajstić information content (AvgIpc) is 2.72. The fraction of sp³-hybridized carbons (Fsp3) is 0.421. The normalized spacial score (nSPS) is 14.1. The van der Waals surface area contributed by atoms with Gasteiger partial charge in [-0.05, 0) is 31.2 Å². The SMILES string of the molecule is Cc1cc(N2CCOCC2)nc(NCCNC(=O)Nc2ccc(OC(F)(F)F)cc2)n1. The van der Waals surface area contributed by atoms with Gasteiger partial charge in [-0.15, -0.1) is 13.2 Å². The molecule has 168 valence electrons. The average molecular weight is 440 g/mol. The maximum Gasteiger partial charge on any atom is 0.573 e. The van der Waals surface area contributed by atoms with E-state index in [4.69, 9.17) is 4.74 Å². The molecule has 2 aromatic rings. The summed E-state index contributed by atoms with van der Waals surface area (Å²) in [6.07, 6.45) is -4.76. The van der Waals surface area contributed by atoms with E-state index < -0.39 is 12.4 Å². The Kier molecular flexibility index (Phi) is 7.34. The van der Waals surface area contributed by atoms with Crippen LogP contribution in [0.5, 0.6) is 5.75 Å². The summed E-state index contributed by atoms with van der Waals surface area (Å²) >= 11 is 0. The van der Waals surface area contributed by atoms with Crippen LogP contribution >= 0.6 is 0 Å². The van der Waals surface area contributed by atoms with E-state index in [0.29, 0.717) is 31.4 Å². The summed E-state index contributed by atoms with van der Waals surface area (Å²) in [5.74, 6) is 0.920. The molecule has 2 amide bonds. The van der Waals surface area contributed by atoms with Gasteiger partial charge in [0.05, 0.1) is 13.2 Å². The molecule has 31 heavy (non-hydrogen) atoms. The molecule has 0 saturated carbocycles. The Balaban J connectivity index is 1.42. The zero-order chi connectivity index (χ0) is 22.3. The molecule has 0 atom stereocenters. The third-order valence-electron chi connectivity index (χ3n) is 4.22. The number of hydrogen-bond donors (Lipinski definition) is 3. The third kappa shape index (κ3) is 7.48. The van der Waals surface area contributed by atoms with Crippen LogP contribution in [0, 0.1) is 6.92 Å². The number of aryl methyl sites for hydroxylation is 1. The molecule has 1 aromatic carbocycles. The second-order valence-corrected chi connectivity index (χ2v) is 6.67. The second kappa shape index (κ2) is 10.2. The number of carbonyl (C=O) groups is 1. The number of nitrogens with one attached hydrogen (secondary N) is 3. The highest BCUT2D eigenvalue weighted by Gasteiger charge is 2.30. The topological polar surface area (TPSA) is 101 Å². The van der Waals surface area contributed by atoms with Crippen LogP contribution in [0.4, 0.5) is 35.4 Å². The highest BCUT2D eigenvalue weighted by atomic mass is 19.4. The van der Waals surface area contributed by atoms with Crippen molar-refractivity contribution >= 4 is 23.5 Å². The van der Waals surface area contributed by atoms with E-state index >= 15 is 0 Å². The highest BCUT2D eigenvalue weighted by molar-refractivity contribution is 5.89. The number of urea groups is 1. The van der Waals surface area contributed by atoms with Crippen molar-refractivity contribution in [3.8, 4) is 5.75 Å². The monoisotopic (exact) mass is 440 g/mol. The molecule has 12 heteroatoms. The fourth-order valence-corrected chi connectivity index (χ4v) is 2.85. The van der Waals surface area contributed by atoms with E-state index in [1.807, 2.05) is 13.0 Å². The summed E-state index contributed by atoms with van der Waals surface area (Å²) in [7, 11) is 0. The van der Waals surface area contributed by atoms with Crippen LogP contribution in [0.3, 0.4) is 0 Å². The standard InChI is InChI=1S/C19H23F3N6O3/c1-13-12-16(28-8-10-30-11-9-28)27-17(25-13)23-6-7-24-18(29)26-14-2-4-15(5-3-14)31-19(20,21)22/h2-5,12H,6-11H2,1H3,(H,23,25,27)(H2,24,26,29). The van der Waals surface area contributed by atoms with Crippen molar-refractivity contribution in [2.24, 2.45) is 0 Å². The number of anilines is 3. The van der Waals surface area contributed by atoms with Crippen LogP contribution < -0.4 is 25.6 Å². The first-order chi connectivity index (χ1) is 14.8. The lowest BCUT2D eigenvalue weighted by Gasteiger charge is -2.28. The zero-order valence-electron chi connectivity index (χ0n) is 16.8. The number of morpholine rings is 1. The minimum Gasteiger partial charge on any atom is -0.406 e. The Hall–Kier alpha value is -3.28. The van der Waals surface area contributed by atoms with Gasteiger partial charge in [-0.1, -0.05) is 0 Å². The van der Waals surface area contributed by atoms with Gasteiger partial charge in [-0.3, -0.25) is 0 Å². The Labute approximate surface area is 177 Å². The van der Waals surface area contributed by atoms with Gasteiger partial charge in [-0.2, -0.15) is 4.98 Å². The van der Waals surface area contributed by atoms with Crippen molar-refractivity contribution in [3.05, 3.63) is 36.0 Å². The molecule has 1 aromatic heterocycles. The minimum atomic E-state index is -4.76. The molecule has 9 nitrogen and oxygen atoms in total. The van der Waals surface area contributed by atoms with E-state index in [1.165, 1.54) is 12.1 Å². The Morgan fingerprint density at radius 2 is 1.87 bits per heavy atom. The quantitative estimate of drug-likeness (QED) is 0.569. The first-order valence-electron chi connectivity index (χ1n) is 9.61. The molecule has 3 N–H and O–H groups in total. The summed E-state index contributed by atoms with van der Waals surface area (Å²) in [4.78, 5) is 22.9. The molecule has 2 heterocycles. The van der Waals surface area contributed by atoms with E-state index in [-0.39, 0.29) is 12.3 Å². The number of hydrogen-bond acceptors (Lipinski definition) is 7. The van der Waals surface area contributed by atoms with Crippen LogP contribution in [0.2, 0.25) is 0 Å². The fourth-order valence-electron chi connectivity index (χ4n) is 2.85. The molecule has 1 aliphatic rings. The molecule has 0 bridgehead atoms. The molecule has 0 unspecified atom stereocenters.